The van der Waals surface area contributed by atoms with Crippen LogP contribution < -0.4 is 10.1 Å². The first-order valence-electron chi connectivity index (χ1n) is 8.29. The standard InChI is InChI=1S/C19H19FN4O2/c1-2-24-12-18(22-23-24)14-7-9-16(10-8-14)26-13-19(25)21-11-15-5-3-4-6-17(15)20/h3-10,12H,2,11,13H2,1H3,(H,21,25). The first-order valence-corrected chi connectivity index (χ1v) is 8.29. The van der Waals surface area contributed by atoms with Gasteiger partial charge in [0.2, 0.25) is 0 Å². The van der Waals surface area contributed by atoms with Gasteiger partial charge >= 0.3 is 0 Å². The zero-order valence-corrected chi connectivity index (χ0v) is 14.4. The Bertz CT molecular complexity index is 877. The van der Waals surface area contributed by atoms with Gasteiger partial charge in [0.1, 0.15) is 17.3 Å². The SMILES string of the molecule is CCn1cc(-c2ccc(OCC(=O)NCc3ccccc3F)cc2)nn1. The van der Waals surface area contributed by atoms with Gasteiger partial charge in [-0.25, -0.2) is 4.39 Å². The van der Waals surface area contributed by atoms with E-state index >= 15 is 0 Å². The average molecular weight is 354 g/mol. The molecule has 0 aliphatic carbocycles. The van der Waals surface area contributed by atoms with Crippen LogP contribution >= 0.6 is 0 Å². The van der Waals surface area contributed by atoms with Crippen LogP contribution in [0.5, 0.6) is 5.75 Å². The number of carbonyl (C=O) groups is 1. The zero-order chi connectivity index (χ0) is 18.4. The molecule has 0 aliphatic heterocycles. The number of nitrogens with zero attached hydrogens (tertiary/aromatic N) is 3. The molecule has 1 heterocycles. The Morgan fingerprint density at radius 1 is 1.19 bits per heavy atom. The summed E-state index contributed by atoms with van der Waals surface area (Å²) in [7, 11) is 0. The monoisotopic (exact) mass is 354 g/mol. The van der Waals surface area contributed by atoms with Crippen molar-refractivity contribution in [3.8, 4) is 17.0 Å². The molecule has 3 aromatic rings. The number of halogens is 1. The predicted molar refractivity (Wildman–Crippen MR) is 94.9 cm³/mol. The van der Waals surface area contributed by atoms with E-state index < -0.39 is 0 Å². The molecule has 6 nitrogen and oxygen atoms in total. The molecule has 26 heavy (non-hydrogen) atoms. The summed E-state index contributed by atoms with van der Waals surface area (Å²) in [5.74, 6) is -0.0924. The minimum absolute atomic E-state index is 0.126. The molecule has 1 N–H and O–H groups in total. The highest BCUT2D eigenvalue weighted by Gasteiger charge is 2.07. The highest BCUT2D eigenvalue weighted by Crippen LogP contribution is 2.20. The van der Waals surface area contributed by atoms with Gasteiger partial charge in [-0.15, -0.1) is 5.10 Å². The normalized spacial score (nSPS) is 10.5. The van der Waals surface area contributed by atoms with Crippen LogP contribution in [0.4, 0.5) is 4.39 Å². The lowest BCUT2D eigenvalue weighted by Gasteiger charge is -2.08. The third-order valence-electron chi connectivity index (χ3n) is 3.82. The third kappa shape index (κ3) is 4.44. The van der Waals surface area contributed by atoms with Gasteiger partial charge in [-0.3, -0.25) is 9.48 Å². The lowest BCUT2D eigenvalue weighted by atomic mass is 10.2. The van der Waals surface area contributed by atoms with E-state index in [0.717, 1.165) is 17.8 Å². The van der Waals surface area contributed by atoms with Crippen molar-refractivity contribution in [3.05, 3.63) is 66.1 Å². The van der Waals surface area contributed by atoms with Crippen LogP contribution in [0.2, 0.25) is 0 Å². The molecule has 0 unspecified atom stereocenters. The summed E-state index contributed by atoms with van der Waals surface area (Å²) in [5.41, 5.74) is 2.13. The third-order valence-corrected chi connectivity index (χ3v) is 3.82. The largest absolute Gasteiger partial charge is 0.484 e. The quantitative estimate of drug-likeness (QED) is 0.708. The maximum absolute atomic E-state index is 13.5. The van der Waals surface area contributed by atoms with Crippen LogP contribution in [0.1, 0.15) is 12.5 Å². The van der Waals surface area contributed by atoms with Crippen molar-refractivity contribution in [2.24, 2.45) is 0 Å². The van der Waals surface area contributed by atoms with Crippen LogP contribution in [-0.4, -0.2) is 27.5 Å². The zero-order valence-electron chi connectivity index (χ0n) is 14.4. The van der Waals surface area contributed by atoms with Crippen molar-refractivity contribution in [1.82, 2.24) is 20.3 Å². The molecule has 0 saturated carbocycles. The summed E-state index contributed by atoms with van der Waals surface area (Å²) in [6, 6.07) is 13.6. The van der Waals surface area contributed by atoms with Crippen LogP contribution in [0.15, 0.2) is 54.7 Å². The number of carbonyl (C=O) groups excluding carboxylic acids is 1. The molecule has 0 spiro atoms. The molecule has 2 aromatic carbocycles. The fourth-order valence-corrected chi connectivity index (χ4v) is 2.34. The van der Waals surface area contributed by atoms with Crippen LogP contribution in [0.3, 0.4) is 0 Å². The molecule has 0 bridgehead atoms. The second kappa shape index (κ2) is 8.24. The van der Waals surface area contributed by atoms with E-state index in [0.29, 0.717) is 11.3 Å². The number of hydrogen-bond donors (Lipinski definition) is 1. The molecule has 1 amide bonds. The van der Waals surface area contributed by atoms with Crippen molar-refractivity contribution in [2.75, 3.05) is 6.61 Å². The highest BCUT2D eigenvalue weighted by molar-refractivity contribution is 5.77. The summed E-state index contributed by atoms with van der Waals surface area (Å²) in [5, 5.41) is 10.7. The lowest BCUT2D eigenvalue weighted by Crippen LogP contribution is -2.28. The van der Waals surface area contributed by atoms with Crippen molar-refractivity contribution >= 4 is 5.91 Å². The minimum atomic E-state index is -0.343. The number of nitrogens with one attached hydrogen (secondary N) is 1. The van der Waals surface area contributed by atoms with Crippen molar-refractivity contribution in [3.63, 3.8) is 0 Å². The molecular formula is C19H19FN4O2. The number of hydrogen-bond acceptors (Lipinski definition) is 4. The summed E-state index contributed by atoms with van der Waals surface area (Å²) >= 11 is 0. The Morgan fingerprint density at radius 3 is 2.65 bits per heavy atom. The maximum atomic E-state index is 13.5. The second-order valence-corrected chi connectivity index (χ2v) is 5.64. The van der Waals surface area contributed by atoms with Gasteiger partial charge < -0.3 is 10.1 Å². The molecular weight excluding hydrogens is 335 g/mol. The van der Waals surface area contributed by atoms with E-state index in [1.807, 2.05) is 25.3 Å². The number of aromatic nitrogens is 3. The first kappa shape index (κ1) is 17.6. The van der Waals surface area contributed by atoms with E-state index in [9.17, 15) is 9.18 Å². The predicted octanol–water partition coefficient (Wildman–Crippen LogP) is 2.80. The Morgan fingerprint density at radius 2 is 1.96 bits per heavy atom. The second-order valence-electron chi connectivity index (χ2n) is 5.64. The maximum Gasteiger partial charge on any atom is 0.258 e. The Hall–Kier alpha value is -3.22. The molecule has 1 aromatic heterocycles. The molecule has 7 heteroatoms. The smallest absolute Gasteiger partial charge is 0.258 e. The Balaban J connectivity index is 1.50. The van der Waals surface area contributed by atoms with E-state index in [-0.39, 0.29) is 24.9 Å². The van der Waals surface area contributed by atoms with Gasteiger partial charge in [0.15, 0.2) is 6.61 Å². The molecule has 0 aliphatic rings. The number of amides is 1. The average Bonchev–Trinajstić information content (AvgIpc) is 3.15. The van der Waals surface area contributed by atoms with Crippen molar-refractivity contribution in [1.29, 1.82) is 0 Å². The Labute approximate surface area is 150 Å². The van der Waals surface area contributed by atoms with E-state index in [1.54, 1.807) is 35.0 Å². The van der Waals surface area contributed by atoms with Crippen LogP contribution in [0.25, 0.3) is 11.3 Å². The lowest BCUT2D eigenvalue weighted by molar-refractivity contribution is -0.123. The Kier molecular flexibility index (Phi) is 5.58. The van der Waals surface area contributed by atoms with Crippen molar-refractivity contribution < 1.29 is 13.9 Å². The van der Waals surface area contributed by atoms with Crippen LogP contribution in [0, 0.1) is 5.82 Å². The van der Waals surface area contributed by atoms with Gasteiger partial charge in [-0.2, -0.15) is 0 Å². The molecule has 0 radical (unpaired) electrons. The van der Waals surface area contributed by atoms with Gasteiger partial charge in [0.25, 0.3) is 5.91 Å². The summed E-state index contributed by atoms with van der Waals surface area (Å²) in [6.45, 7) is 2.74. The number of benzene rings is 2. The molecule has 0 fully saturated rings. The minimum Gasteiger partial charge on any atom is -0.484 e. The first-order chi connectivity index (χ1) is 12.7. The van der Waals surface area contributed by atoms with Crippen molar-refractivity contribution in [2.45, 2.75) is 20.0 Å². The molecule has 0 saturated heterocycles. The number of rotatable bonds is 7. The van der Waals surface area contributed by atoms with E-state index in [2.05, 4.69) is 15.6 Å². The number of aryl methyl sites for hydroxylation is 1. The number of ether oxygens (including phenoxy) is 1. The topological polar surface area (TPSA) is 69.0 Å². The molecule has 3 rings (SSSR count). The molecule has 134 valence electrons. The van der Waals surface area contributed by atoms with Gasteiger partial charge in [-0.05, 0) is 37.3 Å². The fraction of sp³-hybridized carbons (Fsp3) is 0.211. The van der Waals surface area contributed by atoms with E-state index in [4.69, 9.17) is 4.74 Å². The highest BCUT2D eigenvalue weighted by atomic mass is 19.1. The summed E-state index contributed by atoms with van der Waals surface area (Å²) in [4.78, 5) is 11.8. The summed E-state index contributed by atoms with van der Waals surface area (Å²) < 4.78 is 20.7. The van der Waals surface area contributed by atoms with Gasteiger partial charge in [0, 0.05) is 24.2 Å². The van der Waals surface area contributed by atoms with Gasteiger partial charge in [0.05, 0.1) is 6.20 Å². The molecule has 0 atom stereocenters. The fourth-order valence-electron chi connectivity index (χ4n) is 2.34. The van der Waals surface area contributed by atoms with E-state index in [1.165, 1.54) is 6.07 Å². The van der Waals surface area contributed by atoms with Crippen LogP contribution in [-0.2, 0) is 17.9 Å². The van der Waals surface area contributed by atoms with Gasteiger partial charge in [-0.1, -0.05) is 23.4 Å². The summed E-state index contributed by atoms with van der Waals surface area (Å²) in [6.07, 6.45) is 1.87.